The number of likely N-dealkylation sites (tertiary alicyclic amines) is 2. The molecule has 0 unspecified atom stereocenters. The quantitative estimate of drug-likeness (QED) is 0.658. The van der Waals surface area contributed by atoms with Gasteiger partial charge < -0.3 is 25.2 Å². The number of hydrogen-bond acceptors (Lipinski definition) is 4. The van der Waals surface area contributed by atoms with E-state index in [4.69, 9.17) is 4.74 Å². The van der Waals surface area contributed by atoms with Gasteiger partial charge in [-0.1, -0.05) is 12.1 Å². The van der Waals surface area contributed by atoms with Gasteiger partial charge in [-0.3, -0.25) is 9.59 Å². The van der Waals surface area contributed by atoms with Crippen LogP contribution in [0.2, 0.25) is 0 Å². The first-order chi connectivity index (χ1) is 17.0. The number of piperidine rings is 2. The van der Waals surface area contributed by atoms with E-state index in [0.717, 1.165) is 19.4 Å². The largest absolute Gasteiger partial charge is 0.495 e. The zero-order valence-corrected chi connectivity index (χ0v) is 20.5. The van der Waals surface area contributed by atoms with Crippen molar-refractivity contribution in [3.05, 3.63) is 54.1 Å². The molecule has 186 valence electrons. The summed E-state index contributed by atoms with van der Waals surface area (Å²) in [7, 11) is 1.57. The number of nitrogens with one attached hydrogen (secondary N) is 2. The van der Waals surface area contributed by atoms with Crippen molar-refractivity contribution >= 4 is 29.2 Å². The molecule has 2 aliphatic rings. The van der Waals surface area contributed by atoms with Gasteiger partial charge in [0, 0.05) is 42.8 Å². The molecule has 35 heavy (non-hydrogen) atoms. The number of hydrogen-bond donors (Lipinski definition) is 2. The predicted molar refractivity (Wildman–Crippen MR) is 136 cm³/mol. The average Bonchev–Trinajstić information content (AvgIpc) is 2.89. The van der Waals surface area contributed by atoms with Crippen molar-refractivity contribution in [2.45, 2.75) is 45.1 Å². The minimum Gasteiger partial charge on any atom is -0.495 e. The smallest absolute Gasteiger partial charge is 0.321 e. The summed E-state index contributed by atoms with van der Waals surface area (Å²) >= 11 is 0. The third-order valence-corrected chi connectivity index (χ3v) is 6.96. The van der Waals surface area contributed by atoms with E-state index in [1.165, 1.54) is 6.42 Å². The Labute approximate surface area is 206 Å². The Morgan fingerprint density at radius 2 is 1.60 bits per heavy atom. The fourth-order valence-corrected chi connectivity index (χ4v) is 4.79. The van der Waals surface area contributed by atoms with E-state index in [2.05, 4.69) is 17.6 Å². The normalized spacial score (nSPS) is 18.6. The molecule has 8 heteroatoms. The molecule has 0 radical (unpaired) electrons. The molecule has 2 fully saturated rings. The Balaban J connectivity index is 1.26. The Morgan fingerprint density at radius 3 is 2.29 bits per heavy atom. The highest BCUT2D eigenvalue weighted by atomic mass is 16.5. The molecule has 2 N–H and O–H groups in total. The predicted octanol–water partition coefficient (Wildman–Crippen LogP) is 4.59. The van der Waals surface area contributed by atoms with Crippen LogP contribution in [0.15, 0.2) is 48.5 Å². The van der Waals surface area contributed by atoms with Crippen molar-refractivity contribution < 1.29 is 19.1 Å². The van der Waals surface area contributed by atoms with Gasteiger partial charge in [0.05, 0.1) is 12.8 Å². The lowest BCUT2D eigenvalue weighted by Crippen LogP contribution is -2.43. The monoisotopic (exact) mass is 478 g/mol. The summed E-state index contributed by atoms with van der Waals surface area (Å²) in [6.45, 7) is 3.89. The molecule has 2 heterocycles. The molecule has 0 spiro atoms. The van der Waals surface area contributed by atoms with Crippen LogP contribution in [-0.2, 0) is 4.79 Å². The molecule has 4 rings (SSSR count). The Kier molecular flexibility index (Phi) is 7.90. The standard InChI is InChI=1S/C27H34N4O4/c1-19-7-5-6-16-31(19)26(33)21-10-12-22(13-11-21)28-27(34)30-17-14-20(15-18-30)25(32)29-23-8-3-4-9-24(23)35-2/h3-4,8-13,19-20H,5-7,14-18H2,1-2H3,(H,28,34)(H,29,32)/t19-/m0/s1. The van der Waals surface area contributed by atoms with Crippen LogP contribution in [0.4, 0.5) is 16.2 Å². The maximum Gasteiger partial charge on any atom is 0.321 e. The van der Waals surface area contributed by atoms with Gasteiger partial charge in [-0.15, -0.1) is 0 Å². The van der Waals surface area contributed by atoms with Crippen LogP contribution >= 0.6 is 0 Å². The highest BCUT2D eigenvalue weighted by Crippen LogP contribution is 2.26. The second kappa shape index (κ2) is 11.3. The first-order valence-corrected chi connectivity index (χ1v) is 12.4. The molecule has 4 amide bonds. The number of anilines is 2. The molecular weight excluding hydrogens is 444 g/mol. The number of ether oxygens (including phenoxy) is 1. The van der Waals surface area contributed by atoms with E-state index in [0.29, 0.717) is 48.6 Å². The summed E-state index contributed by atoms with van der Waals surface area (Å²) in [6, 6.07) is 14.5. The average molecular weight is 479 g/mol. The summed E-state index contributed by atoms with van der Waals surface area (Å²) < 4.78 is 5.30. The first kappa shape index (κ1) is 24.6. The van der Waals surface area contributed by atoms with Gasteiger partial charge in [-0.25, -0.2) is 4.79 Å². The van der Waals surface area contributed by atoms with E-state index in [-0.39, 0.29) is 29.8 Å². The van der Waals surface area contributed by atoms with Crippen LogP contribution in [0.3, 0.4) is 0 Å². The minimum atomic E-state index is -0.197. The van der Waals surface area contributed by atoms with Gasteiger partial charge in [0.25, 0.3) is 5.91 Å². The number of carbonyl (C=O) groups excluding carboxylic acids is 3. The number of nitrogens with zero attached hydrogens (tertiary/aromatic N) is 2. The van der Waals surface area contributed by atoms with Gasteiger partial charge in [-0.05, 0) is 75.4 Å². The summed E-state index contributed by atoms with van der Waals surface area (Å²) in [4.78, 5) is 41.9. The van der Waals surface area contributed by atoms with Gasteiger partial charge in [0.15, 0.2) is 0 Å². The Morgan fingerprint density at radius 1 is 0.886 bits per heavy atom. The summed E-state index contributed by atoms with van der Waals surface area (Å²) in [6.07, 6.45) is 4.44. The second-order valence-corrected chi connectivity index (χ2v) is 9.30. The third-order valence-electron chi connectivity index (χ3n) is 6.96. The van der Waals surface area contributed by atoms with Crippen molar-refractivity contribution in [1.82, 2.24) is 9.80 Å². The minimum absolute atomic E-state index is 0.0450. The molecule has 2 aromatic carbocycles. The Bertz CT molecular complexity index is 1050. The lowest BCUT2D eigenvalue weighted by molar-refractivity contribution is -0.121. The van der Waals surface area contributed by atoms with Gasteiger partial charge in [-0.2, -0.15) is 0 Å². The van der Waals surface area contributed by atoms with E-state index in [1.54, 1.807) is 42.3 Å². The number of urea groups is 1. The molecule has 8 nitrogen and oxygen atoms in total. The fraction of sp³-hybridized carbons (Fsp3) is 0.444. The zero-order valence-electron chi connectivity index (χ0n) is 20.5. The molecule has 2 aromatic rings. The van der Waals surface area contributed by atoms with Crippen LogP contribution in [0.1, 0.15) is 49.4 Å². The lowest BCUT2D eigenvalue weighted by atomic mass is 9.96. The molecule has 2 aliphatic heterocycles. The number of para-hydroxylation sites is 2. The molecule has 1 atom stereocenters. The number of rotatable bonds is 5. The van der Waals surface area contributed by atoms with Crippen molar-refractivity contribution in [3.8, 4) is 5.75 Å². The van der Waals surface area contributed by atoms with Gasteiger partial charge >= 0.3 is 6.03 Å². The number of benzene rings is 2. The molecule has 0 aliphatic carbocycles. The summed E-state index contributed by atoms with van der Waals surface area (Å²) in [5.74, 6) is 0.448. The lowest BCUT2D eigenvalue weighted by Gasteiger charge is -2.33. The highest BCUT2D eigenvalue weighted by molar-refractivity contribution is 5.96. The topological polar surface area (TPSA) is 91.0 Å². The van der Waals surface area contributed by atoms with Crippen molar-refractivity contribution in [2.24, 2.45) is 5.92 Å². The van der Waals surface area contributed by atoms with Crippen molar-refractivity contribution in [3.63, 3.8) is 0 Å². The summed E-state index contributed by atoms with van der Waals surface area (Å²) in [5.41, 5.74) is 1.93. The van der Waals surface area contributed by atoms with E-state index < -0.39 is 0 Å². The molecular formula is C27H34N4O4. The number of methoxy groups -OCH3 is 1. The highest BCUT2D eigenvalue weighted by Gasteiger charge is 2.28. The third kappa shape index (κ3) is 5.93. The first-order valence-electron chi connectivity index (χ1n) is 12.4. The van der Waals surface area contributed by atoms with Crippen LogP contribution in [0.5, 0.6) is 5.75 Å². The maximum absolute atomic E-state index is 12.8. The second-order valence-electron chi connectivity index (χ2n) is 9.30. The van der Waals surface area contributed by atoms with Gasteiger partial charge in [0.2, 0.25) is 5.91 Å². The van der Waals surface area contributed by atoms with Gasteiger partial charge in [0.1, 0.15) is 5.75 Å². The van der Waals surface area contributed by atoms with E-state index >= 15 is 0 Å². The number of amides is 4. The number of carbonyl (C=O) groups is 3. The fourth-order valence-electron chi connectivity index (χ4n) is 4.79. The van der Waals surface area contributed by atoms with Crippen LogP contribution < -0.4 is 15.4 Å². The van der Waals surface area contributed by atoms with Crippen LogP contribution in [0, 0.1) is 5.92 Å². The Hall–Kier alpha value is -3.55. The molecule has 0 saturated carbocycles. The maximum atomic E-state index is 12.8. The molecule has 0 aromatic heterocycles. The zero-order chi connectivity index (χ0) is 24.8. The van der Waals surface area contributed by atoms with Crippen LogP contribution in [-0.4, -0.2) is 60.4 Å². The van der Waals surface area contributed by atoms with E-state index in [1.807, 2.05) is 23.1 Å². The van der Waals surface area contributed by atoms with Crippen molar-refractivity contribution in [2.75, 3.05) is 37.4 Å². The molecule has 2 saturated heterocycles. The van der Waals surface area contributed by atoms with E-state index in [9.17, 15) is 14.4 Å². The molecule has 0 bridgehead atoms. The van der Waals surface area contributed by atoms with Crippen LogP contribution in [0.25, 0.3) is 0 Å². The SMILES string of the molecule is COc1ccccc1NC(=O)C1CCN(C(=O)Nc2ccc(C(=O)N3CCCC[C@@H]3C)cc2)CC1. The summed E-state index contributed by atoms with van der Waals surface area (Å²) in [5, 5.41) is 5.85. The van der Waals surface area contributed by atoms with Crippen molar-refractivity contribution in [1.29, 1.82) is 0 Å².